The summed E-state index contributed by atoms with van der Waals surface area (Å²) in [6.45, 7) is 6.23. The number of rotatable bonds is 7. The molecule has 144 valence electrons. The van der Waals surface area contributed by atoms with E-state index in [-0.39, 0.29) is 11.8 Å². The second-order valence-electron chi connectivity index (χ2n) is 6.72. The number of nitrogens with zero attached hydrogens (tertiary/aromatic N) is 5. The van der Waals surface area contributed by atoms with Gasteiger partial charge in [-0.1, -0.05) is 6.07 Å². The Kier molecular flexibility index (Phi) is 6.54. The maximum atomic E-state index is 12.1. The summed E-state index contributed by atoms with van der Waals surface area (Å²) in [5.74, 6) is 0.672. The largest absolute Gasteiger partial charge is 0.340 e. The number of aromatic nitrogens is 3. The zero-order valence-corrected chi connectivity index (χ0v) is 15.7. The number of carbonyl (C=O) groups is 2. The third-order valence-corrected chi connectivity index (χ3v) is 4.63. The molecule has 1 N–H and O–H groups in total. The molecule has 1 aliphatic rings. The van der Waals surface area contributed by atoms with E-state index in [1.54, 1.807) is 13.1 Å². The molecule has 3 rings (SSSR count). The van der Waals surface area contributed by atoms with Gasteiger partial charge in [-0.05, 0) is 24.6 Å². The Labute approximate surface area is 159 Å². The molecule has 0 unspecified atom stereocenters. The number of aryl methyl sites for hydroxylation is 1. The van der Waals surface area contributed by atoms with Crippen LogP contribution in [0.1, 0.15) is 25.5 Å². The van der Waals surface area contributed by atoms with Gasteiger partial charge in [0.05, 0.1) is 5.69 Å². The summed E-state index contributed by atoms with van der Waals surface area (Å²) in [5, 5.41) is 7.00. The van der Waals surface area contributed by atoms with Crippen LogP contribution < -0.4 is 5.32 Å². The lowest BCUT2D eigenvalue weighted by Gasteiger charge is -2.33. The quantitative estimate of drug-likeness (QED) is 0.796. The first-order valence-electron chi connectivity index (χ1n) is 9.31. The van der Waals surface area contributed by atoms with Crippen molar-refractivity contribution in [2.24, 2.45) is 0 Å². The minimum absolute atomic E-state index is 0.0399. The average molecular weight is 370 g/mol. The summed E-state index contributed by atoms with van der Waals surface area (Å²) < 4.78 is 1.82. The van der Waals surface area contributed by atoms with Gasteiger partial charge in [0.1, 0.15) is 5.82 Å². The van der Waals surface area contributed by atoms with Gasteiger partial charge in [0.25, 0.3) is 0 Å². The maximum absolute atomic E-state index is 12.1. The number of hydrogen-bond donors (Lipinski definition) is 1. The van der Waals surface area contributed by atoms with Gasteiger partial charge in [0, 0.05) is 65.0 Å². The number of nitrogens with one attached hydrogen (secondary N) is 1. The first-order valence-corrected chi connectivity index (χ1v) is 9.31. The molecular formula is C19H26N6O2. The molecule has 0 saturated carbocycles. The molecule has 3 heterocycles. The third kappa shape index (κ3) is 5.89. The fourth-order valence-corrected chi connectivity index (χ4v) is 3.13. The summed E-state index contributed by atoms with van der Waals surface area (Å²) >= 11 is 0. The van der Waals surface area contributed by atoms with Crippen LogP contribution in [0.25, 0.3) is 0 Å². The van der Waals surface area contributed by atoms with Crippen LogP contribution in [0.2, 0.25) is 0 Å². The van der Waals surface area contributed by atoms with Crippen LogP contribution in [0, 0.1) is 0 Å². The molecule has 2 aromatic heterocycles. The van der Waals surface area contributed by atoms with Crippen molar-refractivity contribution in [2.45, 2.75) is 32.9 Å². The molecule has 2 amide bonds. The summed E-state index contributed by atoms with van der Waals surface area (Å²) in [6, 6.07) is 7.55. The monoisotopic (exact) mass is 370 g/mol. The minimum atomic E-state index is -0.0399. The van der Waals surface area contributed by atoms with Gasteiger partial charge >= 0.3 is 0 Å². The van der Waals surface area contributed by atoms with Crippen molar-refractivity contribution in [3.05, 3.63) is 42.4 Å². The number of piperazine rings is 1. The van der Waals surface area contributed by atoms with E-state index >= 15 is 0 Å². The van der Waals surface area contributed by atoms with Crippen LogP contribution in [0.4, 0.5) is 5.82 Å². The van der Waals surface area contributed by atoms with E-state index < -0.39 is 0 Å². The summed E-state index contributed by atoms with van der Waals surface area (Å²) in [4.78, 5) is 32.2. The highest BCUT2D eigenvalue weighted by molar-refractivity contribution is 5.89. The zero-order chi connectivity index (χ0) is 19.1. The van der Waals surface area contributed by atoms with Crippen molar-refractivity contribution in [3.8, 4) is 0 Å². The summed E-state index contributed by atoms with van der Waals surface area (Å²) in [7, 11) is 0. The molecule has 0 spiro atoms. The number of amides is 2. The Bertz CT molecular complexity index is 753. The van der Waals surface area contributed by atoms with Crippen molar-refractivity contribution < 1.29 is 9.59 Å². The van der Waals surface area contributed by atoms with Crippen LogP contribution in [0.3, 0.4) is 0 Å². The van der Waals surface area contributed by atoms with E-state index in [4.69, 9.17) is 0 Å². The van der Waals surface area contributed by atoms with E-state index in [1.807, 2.05) is 40.0 Å². The fraction of sp³-hybridized carbons (Fsp3) is 0.474. The van der Waals surface area contributed by atoms with E-state index in [0.717, 1.165) is 51.4 Å². The molecule has 0 aromatic carbocycles. The highest BCUT2D eigenvalue weighted by Crippen LogP contribution is 2.11. The van der Waals surface area contributed by atoms with Gasteiger partial charge in [0.15, 0.2) is 0 Å². The smallest absolute Gasteiger partial charge is 0.225 e. The lowest BCUT2D eigenvalue weighted by atomic mass is 10.2. The predicted molar refractivity (Wildman–Crippen MR) is 102 cm³/mol. The SMILES string of the molecule is CC(=O)N1CCN(Cc2cccc(NC(=O)CCCn3cccn3)n2)CC1. The van der Waals surface area contributed by atoms with Crippen molar-refractivity contribution in [2.75, 3.05) is 31.5 Å². The van der Waals surface area contributed by atoms with Gasteiger partial charge in [-0.2, -0.15) is 5.10 Å². The normalized spacial score (nSPS) is 14.9. The highest BCUT2D eigenvalue weighted by atomic mass is 16.2. The van der Waals surface area contributed by atoms with Gasteiger partial charge in [-0.3, -0.25) is 19.2 Å². The lowest BCUT2D eigenvalue weighted by Crippen LogP contribution is -2.47. The minimum Gasteiger partial charge on any atom is -0.340 e. The second kappa shape index (κ2) is 9.27. The van der Waals surface area contributed by atoms with E-state index in [2.05, 4.69) is 20.3 Å². The average Bonchev–Trinajstić information content (AvgIpc) is 3.16. The Morgan fingerprint density at radius 1 is 1.15 bits per heavy atom. The Balaban J connectivity index is 1.44. The Hall–Kier alpha value is -2.74. The Morgan fingerprint density at radius 3 is 2.67 bits per heavy atom. The first kappa shape index (κ1) is 19.0. The summed E-state index contributed by atoms with van der Waals surface area (Å²) in [5.41, 5.74) is 0.917. The van der Waals surface area contributed by atoms with Crippen LogP contribution in [0.5, 0.6) is 0 Å². The van der Waals surface area contributed by atoms with Crippen LogP contribution in [0.15, 0.2) is 36.7 Å². The third-order valence-electron chi connectivity index (χ3n) is 4.63. The van der Waals surface area contributed by atoms with Crippen LogP contribution in [-0.2, 0) is 22.7 Å². The number of anilines is 1. The molecule has 0 aliphatic carbocycles. The van der Waals surface area contributed by atoms with E-state index in [0.29, 0.717) is 12.2 Å². The maximum Gasteiger partial charge on any atom is 0.225 e. The fourth-order valence-electron chi connectivity index (χ4n) is 3.13. The Morgan fingerprint density at radius 2 is 1.96 bits per heavy atom. The molecule has 0 radical (unpaired) electrons. The van der Waals surface area contributed by atoms with Crippen molar-refractivity contribution >= 4 is 17.6 Å². The predicted octanol–water partition coefficient (Wildman–Crippen LogP) is 1.36. The first-order chi connectivity index (χ1) is 13.1. The van der Waals surface area contributed by atoms with Crippen LogP contribution >= 0.6 is 0 Å². The molecule has 8 nitrogen and oxygen atoms in total. The standard InChI is InChI=1S/C19H26N6O2/c1-16(26)24-13-11-23(12-14-24)15-17-5-2-6-18(21-17)22-19(27)7-3-9-25-10-4-8-20-25/h2,4-6,8,10H,3,7,9,11-15H2,1H3,(H,21,22,27). The van der Waals surface area contributed by atoms with Gasteiger partial charge in [-0.15, -0.1) is 0 Å². The van der Waals surface area contributed by atoms with Crippen molar-refractivity contribution in [1.29, 1.82) is 0 Å². The molecule has 1 aliphatic heterocycles. The lowest BCUT2D eigenvalue weighted by molar-refractivity contribution is -0.130. The van der Waals surface area contributed by atoms with Crippen molar-refractivity contribution in [1.82, 2.24) is 24.6 Å². The molecule has 8 heteroatoms. The summed E-state index contributed by atoms with van der Waals surface area (Å²) in [6.07, 6.45) is 4.78. The van der Waals surface area contributed by atoms with Crippen molar-refractivity contribution in [3.63, 3.8) is 0 Å². The zero-order valence-electron chi connectivity index (χ0n) is 15.7. The van der Waals surface area contributed by atoms with E-state index in [9.17, 15) is 9.59 Å². The molecule has 2 aromatic rings. The second-order valence-corrected chi connectivity index (χ2v) is 6.72. The number of pyridine rings is 1. The molecule has 1 fully saturated rings. The van der Waals surface area contributed by atoms with Gasteiger partial charge in [-0.25, -0.2) is 4.98 Å². The molecule has 27 heavy (non-hydrogen) atoms. The van der Waals surface area contributed by atoms with Gasteiger partial charge < -0.3 is 10.2 Å². The topological polar surface area (TPSA) is 83.4 Å². The van der Waals surface area contributed by atoms with Gasteiger partial charge in [0.2, 0.25) is 11.8 Å². The van der Waals surface area contributed by atoms with Crippen LogP contribution in [-0.4, -0.2) is 62.6 Å². The highest BCUT2D eigenvalue weighted by Gasteiger charge is 2.18. The molecule has 1 saturated heterocycles. The molecule has 0 atom stereocenters. The molecule has 0 bridgehead atoms. The number of hydrogen-bond acceptors (Lipinski definition) is 5. The molecular weight excluding hydrogens is 344 g/mol. The van der Waals surface area contributed by atoms with E-state index in [1.165, 1.54) is 0 Å². The number of carbonyl (C=O) groups excluding carboxylic acids is 2.